The Morgan fingerprint density at radius 1 is 1.50 bits per heavy atom. The number of nitrogens with two attached hydrogens (primary N) is 1. The normalized spacial score (nSPS) is 10.4. The standard InChI is InChI=1S/C7H11NO3.C5H11NO/c1-3-4-11-7(10)5-8-6(2)9;1-2-3-5(6)4-7/h3H,1,4-5H2,2H3,(H,8,9);4-5H,2-3,6H2,1H3. The predicted molar refractivity (Wildman–Crippen MR) is 68.8 cm³/mol. The van der Waals surface area contributed by atoms with Crippen molar-refractivity contribution < 1.29 is 19.1 Å². The molecule has 6 heteroatoms. The molecule has 0 heterocycles. The summed E-state index contributed by atoms with van der Waals surface area (Å²) in [7, 11) is 0. The van der Waals surface area contributed by atoms with Gasteiger partial charge in [-0.3, -0.25) is 9.59 Å². The molecule has 3 N–H and O–H groups in total. The van der Waals surface area contributed by atoms with Crippen LogP contribution in [0, 0.1) is 0 Å². The monoisotopic (exact) mass is 258 g/mol. The van der Waals surface area contributed by atoms with Gasteiger partial charge in [-0.25, -0.2) is 0 Å². The first-order valence-corrected chi connectivity index (χ1v) is 5.69. The topological polar surface area (TPSA) is 98.5 Å². The molecular formula is C12H22N2O4. The van der Waals surface area contributed by atoms with Gasteiger partial charge in [0.1, 0.15) is 19.4 Å². The smallest absolute Gasteiger partial charge is 0.325 e. The number of hydrogen-bond acceptors (Lipinski definition) is 5. The summed E-state index contributed by atoms with van der Waals surface area (Å²) in [4.78, 5) is 30.7. The SMILES string of the molecule is C=CCOC(=O)CNC(C)=O.CCCC(N)C=O. The van der Waals surface area contributed by atoms with Crippen molar-refractivity contribution in [2.24, 2.45) is 5.73 Å². The largest absolute Gasteiger partial charge is 0.460 e. The zero-order valence-corrected chi connectivity index (χ0v) is 11.0. The van der Waals surface area contributed by atoms with Crippen molar-refractivity contribution in [2.75, 3.05) is 13.2 Å². The van der Waals surface area contributed by atoms with Crippen LogP contribution in [0.4, 0.5) is 0 Å². The van der Waals surface area contributed by atoms with Gasteiger partial charge in [-0.2, -0.15) is 0 Å². The molecule has 0 fully saturated rings. The number of esters is 1. The molecule has 0 radical (unpaired) electrons. The minimum Gasteiger partial charge on any atom is -0.460 e. The second kappa shape index (κ2) is 13.4. The van der Waals surface area contributed by atoms with E-state index in [1.54, 1.807) is 0 Å². The first-order valence-electron chi connectivity index (χ1n) is 5.69. The molecule has 0 aliphatic carbocycles. The average molecular weight is 258 g/mol. The van der Waals surface area contributed by atoms with Crippen molar-refractivity contribution in [3.63, 3.8) is 0 Å². The Hall–Kier alpha value is -1.69. The van der Waals surface area contributed by atoms with Crippen molar-refractivity contribution in [3.8, 4) is 0 Å². The Kier molecular flexibility index (Phi) is 13.9. The molecule has 0 aliphatic heterocycles. The fourth-order valence-electron chi connectivity index (χ4n) is 0.801. The Bertz CT molecular complexity index is 267. The van der Waals surface area contributed by atoms with Crippen LogP contribution in [-0.4, -0.2) is 37.4 Å². The molecular weight excluding hydrogens is 236 g/mol. The molecule has 104 valence electrons. The third-order valence-electron chi connectivity index (χ3n) is 1.64. The van der Waals surface area contributed by atoms with E-state index in [4.69, 9.17) is 5.73 Å². The first-order chi connectivity index (χ1) is 8.47. The van der Waals surface area contributed by atoms with E-state index in [1.807, 2.05) is 6.92 Å². The van der Waals surface area contributed by atoms with Crippen molar-refractivity contribution in [3.05, 3.63) is 12.7 Å². The number of amides is 1. The minimum absolute atomic E-state index is 0.0802. The van der Waals surface area contributed by atoms with E-state index in [0.717, 1.165) is 19.1 Å². The third-order valence-corrected chi connectivity index (χ3v) is 1.64. The van der Waals surface area contributed by atoms with Crippen LogP contribution in [0.15, 0.2) is 12.7 Å². The maximum Gasteiger partial charge on any atom is 0.325 e. The van der Waals surface area contributed by atoms with Gasteiger partial charge in [-0.1, -0.05) is 26.0 Å². The number of hydrogen-bond donors (Lipinski definition) is 2. The molecule has 6 nitrogen and oxygen atoms in total. The number of rotatable bonds is 7. The van der Waals surface area contributed by atoms with Crippen molar-refractivity contribution in [1.29, 1.82) is 0 Å². The van der Waals surface area contributed by atoms with Gasteiger partial charge in [0.25, 0.3) is 0 Å². The second-order valence-electron chi connectivity index (χ2n) is 3.47. The van der Waals surface area contributed by atoms with E-state index in [-0.39, 0.29) is 25.1 Å². The van der Waals surface area contributed by atoms with Gasteiger partial charge in [0.15, 0.2) is 0 Å². The molecule has 18 heavy (non-hydrogen) atoms. The molecule has 1 unspecified atom stereocenters. The van der Waals surface area contributed by atoms with E-state index in [0.29, 0.717) is 0 Å². The van der Waals surface area contributed by atoms with E-state index >= 15 is 0 Å². The summed E-state index contributed by atoms with van der Waals surface area (Å²) in [5, 5.41) is 2.31. The summed E-state index contributed by atoms with van der Waals surface area (Å²) in [6.07, 6.45) is 4.04. The summed E-state index contributed by atoms with van der Waals surface area (Å²) < 4.78 is 4.57. The Balaban J connectivity index is 0. The number of aldehydes is 1. The summed E-state index contributed by atoms with van der Waals surface area (Å²) in [5.41, 5.74) is 5.22. The Morgan fingerprint density at radius 3 is 2.44 bits per heavy atom. The van der Waals surface area contributed by atoms with Crippen LogP contribution >= 0.6 is 0 Å². The molecule has 0 aromatic heterocycles. The molecule has 1 atom stereocenters. The summed E-state index contributed by atoms with van der Waals surface area (Å²) in [5.74, 6) is -0.708. The third kappa shape index (κ3) is 16.7. The molecule has 0 bridgehead atoms. The van der Waals surface area contributed by atoms with E-state index in [1.165, 1.54) is 13.0 Å². The number of carbonyl (C=O) groups excluding carboxylic acids is 3. The molecule has 0 aromatic carbocycles. The Labute approximate surface area is 108 Å². The van der Waals surface area contributed by atoms with E-state index < -0.39 is 5.97 Å². The number of nitrogens with one attached hydrogen (secondary N) is 1. The lowest BCUT2D eigenvalue weighted by Gasteiger charge is -2.00. The van der Waals surface area contributed by atoms with Crippen molar-refractivity contribution in [2.45, 2.75) is 32.7 Å². The highest BCUT2D eigenvalue weighted by molar-refractivity contribution is 5.80. The van der Waals surface area contributed by atoms with Crippen LogP contribution in [0.3, 0.4) is 0 Å². The maximum atomic E-state index is 10.6. The van der Waals surface area contributed by atoms with Gasteiger partial charge >= 0.3 is 5.97 Å². The average Bonchev–Trinajstić information content (AvgIpc) is 2.34. The summed E-state index contributed by atoms with van der Waals surface area (Å²) in [6.45, 7) is 6.80. The molecule has 0 saturated carbocycles. The number of ether oxygens (including phenoxy) is 1. The van der Waals surface area contributed by atoms with Gasteiger partial charge in [-0.05, 0) is 6.42 Å². The van der Waals surface area contributed by atoms with Gasteiger partial charge < -0.3 is 20.6 Å². The first kappa shape index (κ1) is 18.7. The lowest BCUT2D eigenvalue weighted by atomic mass is 10.2. The fourth-order valence-corrected chi connectivity index (χ4v) is 0.801. The molecule has 0 aliphatic rings. The van der Waals surface area contributed by atoms with Crippen LogP contribution in [0.5, 0.6) is 0 Å². The van der Waals surface area contributed by atoms with Gasteiger partial charge in [0, 0.05) is 6.92 Å². The van der Waals surface area contributed by atoms with Gasteiger partial charge in [0.05, 0.1) is 6.04 Å². The maximum absolute atomic E-state index is 10.6. The quantitative estimate of drug-likeness (QED) is 0.385. The zero-order valence-electron chi connectivity index (χ0n) is 11.0. The van der Waals surface area contributed by atoms with Crippen LogP contribution in [0.2, 0.25) is 0 Å². The molecule has 0 rings (SSSR count). The van der Waals surface area contributed by atoms with Gasteiger partial charge in [-0.15, -0.1) is 0 Å². The van der Waals surface area contributed by atoms with Gasteiger partial charge in [0.2, 0.25) is 5.91 Å². The van der Waals surface area contributed by atoms with E-state index in [2.05, 4.69) is 16.6 Å². The molecule has 1 amide bonds. The zero-order chi connectivity index (χ0) is 14.4. The molecule has 0 aromatic rings. The lowest BCUT2D eigenvalue weighted by molar-refractivity contribution is -0.142. The Morgan fingerprint density at radius 2 is 2.11 bits per heavy atom. The lowest BCUT2D eigenvalue weighted by Crippen LogP contribution is -2.28. The van der Waals surface area contributed by atoms with Crippen LogP contribution < -0.4 is 11.1 Å². The van der Waals surface area contributed by atoms with Crippen molar-refractivity contribution in [1.82, 2.24) is 5.32 Å². The predicted octanol–water partition coefficient (Wildman–Crippen LogP) is 0.164. The highest BCUT2D eigenvalue weighted by Crippen LogP contribution is 1.87. The van der Waals surface area contributed by atoms with Crippen LogP contribution in [0.25, 0.3) is 0 Å². The van der Waals surface area contributed by atoms with Crippen LogP contribution in [-0.2, 0) is 19.1 Å². The molecule has 0 spiro atoms. The fraction of sp³-hybridized carbons (Fsp3) is 0.583. The second-order valence-corrected chi connectivity index (χ2v) is 3.47. The minimum atomic E-state index is -0.458. The highest BCUT2D eigenvalue weighted by Gasteiger charge is 2.00. The molecule has 0 saturated heterocycles. The summed E-state index contributed by atoms with van der Waals surface area (Å²) >= 11 is 0. The van der Waals surface area contributed by atoms with E-state index in [9.17, 15) is 14.4 Å². The summed E-state index contributed by atoms with van der Waals surface area (Å²) in [6, 6.07) is -0.231. The van der Waals surface area contributed by atoms with Crippen molar-refractivity contribution >= 4 is 18.2 Å². The highest BCUT2D eigenvalue weighted by atomic mass is 16.5. The van der Waals surface area contributed by atoms with Crippen LogP contribution in [0.1, 0.15) is 26.7 Å². The number of carbonyl (C=O) groups is 3.